The molecule has 0 amide bonds. The van der Waals surface area contributed by atoms with Crippen LogP contribution < -0.4 is 10.3 Å². The van der Waals surface area contributed by atoms with Gasteiger partial charge in [0.2, 0.25) is 0 Å². The quantitative estimate of drug-likeness (QED) is 0.518. The van der Waals surface area contributed by atoms with Gasteiger partial charge in [0.1, 0.15) is 16.4 Å². The van der Waals surface area contributed by atoms with Gasteiger partial charge in [0.15, 0.2) is 0 Å². The summed E-state index contributed by atoms with van der Waals surface area (Å²) in [6.45, 7) is 4.98. The molecular formula is C22H25N3O3S. The number of thiophene rings is 1. The van der Waals surface area contributed by atoms with E-state index in [2.05, 4.69) is 6.07 Å². The van der Waals surface area contributed by atoms with E-state index in [1.807, 2.05) is 32.0 Å². The number of fused-ring (bicyclic) bond motifs is 1. The van der Waals surface area contributed by atoms with Gasteiger partial charge in [-0.3, -0.25) is 9.36 Å². The third-order valence-corrected chi connectivity index (χ3v) is 5.95. The summed E-state index contributed by atoms with van der Waals surface area (Å²) in [5.41, 5.74) is 2.88. The van der Waals surface area contributed by atoms with Crippen molar-refractivity contribution in [3.8, 4) is 22.9 Å². The van der Waals surface area contributed by atoms with E-state index in [0.29, 0.717) is 43.6 Å². The summed E-state index contributed by atoms with van der Waals surface area (Å²) in [6, 6.07) is 8.11. The van der Waals surface area contributed by atoms with Crippen LogP contribution in [0.4, 0.5) is 0 Å². The van der Waals surface area contributed by atoms with Gasteiger partial charge in [-0.25, -0.2) is 4.98 Å². The number of nitriles is 1. The van der Waals surface area contributed by atoms with E-state index in [-0.39, 0.29) is 5.56 Å². The predicted molar refractivity (Wildman–Crippen MR) is 116 cm³/mol. The zero-order chi connectivity index (χ0) is 21.0. The van der Waals surface area contributed by atoms with Gasteiger partial charge >= 0.3 is 0 Å². The SMILES string of the molecule is COCCc1nc2sc(C)c(-c3ccc(OC)c(C)c3)c2c(=O)n1CCCC#N. The number of rotatable bonds is 8. The van der Waals surface area contributed by atoms with Crippen LogP contribution in [0.3, 0.4) is 0 Å². The van der Waals surface area contributed by atoms with Crippen LogP contribution in [0.5, 0.6) is 5.75 Å². The fourth-order valence-electron chi connectivity index (χ4n) is 3.55. The van der Waals surface area contributed by atoms with E-state index in [9.17, 15) is 4.79 Å². The van der Waals surface area contributed by atoms with Crippen molar-refractivity contribution in [3.05, 3.63) is 44.8 Å². The summed E-state index contributed by atoms with van der Waals surface area (Å²) in [4.78, 5) is 20.1. The third kappa shape index (κ3) is 4.19. The zero-order valence-electron chi connectivity index (χ0n) is 17.2. The van der Waals surface area contributed by atoms with Crippen LogP contribution in [0.15, 0.2) is 23.0 Å². The predicted octanol–water partition coefficient (Wildman–Crippen LogP) is 4.24. The Hall–Kier alpha value is -2.69. The number of ether oxygens (including phenoxy) is 2. The number of hydrogen-bond acceptors (Lipinski definition) is 6. The maximum Gasteiger partial charge on any atom is 0.262 e. The Morgan fingerprint density at radius 3 is 2.72 bits per heavy atom. The van der Waals surface area contributed by atoms with Crippen LogP contribution in [-0.2, 0) is 17.7 Å². The minimum Gasteiger partial charge on any atom is -0.496 e. The number of methoxy groups -OCH3 is 2. The Morgan fingerprint density at radius 2 is 2.07 bits per heavy atom. The average Bonchev–Trinajstić information content (AvgIpc) is 3.04. The molecule has 0 fully saturated rings. The minimum atomic E-state index is -0.0492. The lowest BCUT2D eigenvalue weighted by molar-refractivity contribution is 0.199. The number of benzene rings is 1. The molecule has 0 N–H and O–H groups in total. The van der Waals surface area contributed by atoms with Gasteiger partial charge in [0.25, 0.3) is 5.56 Å². The molecule has 0 unspecified atom stereocenters. The lowest BCUT2D eigenvalue weighted by Gasteiger charge is -2.12. The summed E-state index contributed by atoms with van der Waals surface area (Å²) >= 11 is 1.54. The number of hydrogen-bond donors (Lipinski definition) is 0. The first kappa shape index (κ1) is 21.0. The van der Waals surface area contributed by atoms with Crippen LogP contribution in [0.2, 0.25) is 0 Å². The van der Waals surface area contributed by atoms with Crippen molar-refractivity contribution in [3.63, 3.8) is 0 Å². The third-order valence-electron chi connectivity index (χ3n) is 4.95. The van der Waals surface area contributed by atoms with Crippen LogP contribution in [0.1, 0.15) is 29.1 Å². The van der Waals surface area contributed by atoms with Crippen LogP contribution in [0, 0.1) is 25.2 Å². The molecule has 0 saturated heterocycles. The monoisotopic (exact) mass is 411 g/mol. The molecule has 3 aromatic rings. The molecule has 0 bridgehead atoms. The highest BCUT2D eigenvalue weighted by Crippen LogP contribution is 2.37. The lowest BCUT2D eigenvalue weighted by atomic mass is 10.0. The van der Waals surface area contributed by atoms with Crippen molar-refractivity contribution in [2.45, 2.75) is 39.7 Å². The molecule has 29 heavy (non-hydrogen) atoms. The molecule has 2 aromatic heterocycles. The largest absolute Gasteiger partial charge is 0.496 e. The maximum absolute atomic E-state index is 13.5. The Kier molecular flexibility index (Phi) is 6.68. The normalized spacial score (nSPS) is 11.0. The van der Waals surface area contributed by atoms with Crippen molar-refractivity contribution >= 4 is 21.6 Å². The molecule has 0 spiro atoms. The van der Waals surface area contributed by atoms with E-state index in [4.69, 9.17) is 19.7 Å². The fraction of sp³-hybridized carbons (Fsp3) is 0.409. The number of nitrogens with zero attached hydrogens (tertiary/aromatic N) is 3. The summed E-state index contributed by atoms with van der Waals surface area (Å²) in [6.07, 6.45) is 1.58. The summed E-state index contributed by atoms with van der Waals surface area (Å²) in [7, 11) is 3.29. The number of aryl methyl sites for hydroxylation is 2. The standard InChI is InChI=1S/C22H25N3O3S/c1-14-13-16(7-8-17(14)28-4)19-15(2)29-21-20(19)22(26)25(11-6-5-10-23)18(24-21)9-12-27-3/h7-8,13H,5-6,9,11-12H2,1-4H3. The first-order valence-corrected chi connectivity index (χ1v) is 10.4. The van der Waals surface area contributed by atoms with Gasteiger partial charge in [-0.15, -0.1) is 11.3 Å². The van der Waals surface area contributed by atoms with Crippen LogP contribution in [-0.4, -0.2) is 30.4 Å². The summed E-state index contributed by atoms with van der Waals surface area (Å²) in [5, 5.41) is 9.53. The number of unbranched alkanes of at least 4 members (excludes halogenated alkanes) is 1. The van der Waals surface area contributed by atoms with Gasteiger partial charge < -0.3 is 9.47 Å². The van der Waals surface area contributed by atoms with Crippen LogP contribution in [0.25, 0.3) is 21.3 Å². The van der Waals surface area contributed by atoms with Crippen molar-refractivity contribution in [2.24, 2.45) is 0 Å². The molecule has 0 saturated carbocycles. The highest BCUT2D eigenvalue weighted by atomic mass is 32.1. The van der Waals surface area contributed by atoms with Crippen LogP contribution >= 0.6 is 11.3 Å². The number of aromatic nitrogens is 2. The molecule has 1 aromatic carbocycles. The molecule has 7 heteroatoms. The first-order chi connectivity index (χ1) is 14.0. The van der Waals surface area contributed by atoms with Crippen molar-refractivity contribution in [1.82, 2.24) is 9.55 Å². The highest BCUT2D eigenvalue weighted by molar-refractivity contribution is 7.19. The average molecular weight is 412 g/mol. The molecule has 3 rings (SSSR count). The smallest absolute Gasteiger partial charge is 0.262 e. The molecule has 6 nitrogen and oxygen atoms in total. The molecular weight excluding hydrogens is 386 g/mol. The van der Waals surface area contributed by atoms with Gasteiger partial charge in [-0.2, -0.15) is 5.26 Å². The molecule has 0 aliphatic rings. The zero-order valence-corrected chi connectivity index (χ0v) is 18.1. The molecule has 0 radical (unpaired) electrons. The second-order valence-electron chi connectivity index (χ2n) is 6.89. The van der Waals surface area contributed by atoms with Gasteiger partial charge in [0, 0.05) is 36.9 Å². The van der Waals surface area contributed by atoms with E-state index in [0.717, 1.165) is 32.1 Å². The van der Waals surface area contributed by atoms with E-state index >= 15 is 0 Å². The molecule has 0 aliphatic heterocycles. The molecule has 0 aliphatic carbocycles. The lowest BCUT2D eigenvalue weighted by Crippen LogP contribution is -2.26. The Labute approximate surface area is 174 Å². The van der Waals surface area contributed by atoms with Gasteiger partial charge in [-0.1, -0.05) is 6.07 Å². The first-order valence-electron chi connectivity index (χ1n) is 9.55. The summed E-state index contributed by atoms with van der Waals surface area (Å²) < 4.78 is 12.3. The molecule has 0 atom stereocenters. The van der Waals surface area contributed by atoms with Crippen molar-refractivity contribution in [1.29, 1.82) is 5.26 Å². The second kappa shape index (κ2) is 9.21. The van der Waals surface area contributed by atoms with E-state index in [1.54, 1.807) is 18.8 Å². The topological polar surface area (TPSA) is 77.1 Å². The Balaban J connectivity index is 2.21. The van der Waals surface area contributed by atoms with Crippen molar-refractivity contribution < 1.29 is 9.47 Å². The van der Waals surface area contributed by atoms with E-state index in [1.165, 1.54) is 11.3 Å². The highest BCUT2D eigenvalue weighted by Gasteiger charge is 2.20. The minimum absolute atomic E-state index is 0.0492. The van der Waals surface area contributed by atoms with Gasteiger partial charge in [0.05, 0.1) is 25.2 Å². The Morgan fingerprint density at radius 1 is 1.28 bits per heavy atom. The van der Waals surface area contributed by atoms with Gasteiger partial charge in [-0.05, 0) is 43.5 Å². The summed E-state index contributed by atoms with van der Waals surface area (Å²) in [5.74, 6) is 1.53. The molecule has 152 valence electrons. The fourth-order valence-corrected chi connectivity index (χ4v) is 4.60. The molecule has 2 heterocycles. The second-order valence-corrected chi connectivity index (χ2v) is 8.09. The Bertz CT molecular complexity index is 1130. The van der Waals surface area contributed by atoms with E-state index < -0.39 is 0 Å². The van der Waals surface area contributed by atoms with Crippen molar-refractivity contribution in [2.75, 3.05) is 20.8 Å². The maximum atomic E-state index is 13.5.